The summed E-state index contributed by atoms with van der Waals surface area (Å²) in [6.07, 6.45) is 0.309. The molecule has 11 nitrogen and oxygen atoms in total. The minimum absolute atomic E-state index is 0.0513. The molecule has 1 unspecified atom stereocenters. The number of hydrogen-bond acceptors (Lipinski definition) is 8. The number of halogens is 3. The van der Waals surface area contributed by atoms with E-state index in [1.165, 1.54) is 23.0 Å². The fraction of sp³-hybridized carbons (Fsp3) is 0.333. The van der Waals surface area contributed by atoms with Crippen molar-refractivity contribution in [2.24, 2.45) is 7.05 Å². The smallest absolute Gasteiger partial charge is 0.406 e. The Kier molecular flexibility index (Phi) is 8.12. The summed E-state index contributed by atoms with van der Waals surface area (Å²) in [7, 11) is 3.50. The Morgan fingerprint density at radius 2 is 1.93 bits per heavy atom. The normalized spacial score (nSPS) is 12.2. The molecule has 0 fully saturated rings. The highest BCUT2D eigenvalue weighted by Gasteiger charge is 2.32. The largest absolute Gasteiger partial charge is 0.573 e. The molecule has 14 heteroatoms. The van der Waals surface area contributed by atoms with E-state index in [1.54, 1.807) is 48.9 Å². The minimum Gasteiger partial charge on any atom is -0.406 e. The van der Waals surface area contributed by atoms with Crippen molar-refractivity contribution in [3.05, 3.63) is 59.8 Å². The van der Waals surface area contributed by atoms with Crippen LogP contribution in [0, 0.1) is 19.3 Å². The zero-order valence-corrected chi connectivity index (χ0v) is 23.4. The maximum Gasteiger partial charge on any atom is 0.573 e. The lowest BCUT2D eigenvalue weighted by atomic mass is 10.1. The van der Waals surface area contributed by atoms with E-state index < -0.39 is 18.0 Å². The van der Waals surface area contributed by atoms with Crippen molar-refractivity contribution in [2.45, 2.75) is 46.5 Å². The molecule has 0 spiro atoms. The van der Waals surface area contributed by atoms with E-state index in [9.17, 15) is 18.0 Å². The second-order valence-electron chi connectivity index (χ2n) is 9.81. The Morgan fingerprint density at radius 3 is 2.56 bits per heavy atom. The molecule has 1 amide bonds. The van der Waals surface area contributed by atoms with Crippen molar-refractivity contribution in [3.63, 3.8) is 0 Å². The summed E-state index contributed by atoms with van der Waals surface area (Å²) < 4.78 is 46.6. The molecule has 0 radical (unpaired) electrons. The summed E-state index contributed by atoms with van der Waals surface area (Å²) in [4.78, 5) is 19.3. The number of aromatic nitrogens is 6. The predicted molar refractivity (Wildman–Crippen MR) is 148 cm³/mol. The van der Waals surface area contributed by atoms with Crippen LogP contribution in [0.3, 0.4) is 0 Å². The summed E-state index contributed by atoms with van der Waals surface area (Å²) in [6, 6.07) is 5.13. The van der Waals surface area contributed by atoms with Gasteiger partial charge in [0, 0.05) is 60.8 Å². The lowest BCUT2D eigenvalue weighted by Crippen LogP contribution is -2.30. The van der Waals surface area contributed by atoms with E-state index in [0.29, 0.717) is 40.6 Å². The highest BCUT2D eigenvalue weighted by Crippen LogP contribution is 2.30. The molecule has 1 atom stereocenters. The number of hydrogen-bond donors (Lipinski definition) is 2. The summed E-state index contributed by atoms with van der Waals surface area (Å²) in [5.41, 5.74) is 4.50. The van der Waals surface area contributed by atoms with Gasteiger partial charge in [0.05, 0.1) is 35.7 Å². The van der Waals surface area contributed by atoms with Crippen LogP contribution in [0.5, 0.6) is 5.75 Å². The number of amides is 1. The summed E-state index contributed by atoms with van der Waals surface area (Å²) in [5.74, 6) is -1.20. The third-order valence-corrected chi connectivity index (χ3v) is 6.63. The highest BCUT2D eigenvalue weighted by molar-refractivity contribution is 6.05. The lowest BCUT2D eigenvalue weighted by Gasteiger charge is -2.28. The Hall–Kier alpha value is -4.75. The molecular weight excluding hydrogens is 539 g/mol. The molecule has 0 aliphatic heterocycles. The van der Waals surface area contributed by atoms with E-state index >= 15 is 0 Å². The lowest BCUT2D eigenvalue weighted by molar-refractivity contribution is -0.274. The van der Waals surface area contributed by atoms with Crippen LogP contribution in [0.15, 0.2) is 42.9 Å². The van der Waals surface area contributed by atoms with Gasteiger partial charge in [-0.3, -0.25) is 14.5 Å². The summed E-state index contributed by atoms with van der Waals surface area (Å²) >= 11 is 0. The van der Waals surface area contributed by atoms with Crippen molar-refractivity contribution < 1.29 is 22.7 Å². The quantitative estimate of drug-likeness (QED) is 0.269. The van der Waals surface area contributed by atoms with Crippen LogP contribution >= 0.6 is 0 Å². The fourth-order valence-electron chi connectivity index (χ4n) is 4.23. The van der Waals surface area contributed by atoms with Crippen LogP contribution in [-0.4, -0.2) is 60.8 Å². The number of anilines is 2. The maximum atomic E-state index is 13.2. The predicted octanol–water partition coefficient (Wildman–Crippen LogP) is 5.09. The Balaban J connectivity index is 1.63. The molecule has 216 valence electrons. The summed E-state index contributed by atoms with van der Waals surface area (Å²) in [6.45, 7) is 7.17. The zero-order chi connectivity index (χ0) is 30.1. The first kappa shape index (κ1) is 29.2. The van der Waals surface area contributed by atoms with Gasteiger partial charge >= 0.3 is 6.36 Å². The first-order valence-corrected chi connectivity index (χ1v) is 12.6. The third-order valence-electron chi connectivity index (χ3n) is 6.63. The maximum absolute atomic E-state index is 13.2. The monoisotopic (exact) mass is 569 g/mol. The zero-order valence-electron chi connectivity index (χ0n) is 23.4. The standard InChI is InChI=1S/C27H30F3N9O2/c1-15(31)7-16(2)37(5)21-8-19(9-22(11-21)41-27(28,29)30)26(40)34-20-10-25(17(3)32-12-20)39-14-24(35-36-39)23-13-33-38(6)18(23)4/h8-14,16,31H,7H2,1-6H3,(H,34,40). The van der Waals surface area contributed by atoms with Gasteiger partial charge in [0.15, 0.2) is 0 Å². The van der Waals surface area contributed by atoms with Crippen LogP contribution in [-0.2, 0) is 7.05 Å². The number of carbonyl (C=O) groups excluding carboxylic acids is 1. The van der Waals surface area contributed by atoms with Crippen LogP contribution in [0.2, 0.25) is 0 Å². The van der Waals surface area contributed by atoms with Gasteiger partial charge in [-0.15, -0.1) is 18.3 Å². The molecule has 3 aromatic heterocycles. The molecule has 4 rings (SSSR count). The van der Waals surface area contributed by atoms with Gasteiger partial charge < -0.3 is 20.4 Å². The minimum atomic E-state index is -4.94. The molecule has 0 aliphatic carbocycles. The number of nitrogens with one attached hydrogen (secondary N) is 2. The van der Waals surface area contributed by atoms with Crippen molar-refractivity contribution in [3.8, 4) is 22.7 Å². The number of nitrogens with zero attached hydrogens (tertiary/aromatic N) is 7. The Bertz CT molecular complexity index is 1590. The van der Waals surface area contributed by atoms with Gasteiger partial charge in [-0.2, -0.15) is 5.10 Å². The number of ether oxygens (including phenoxy) is 1. The number of carbonyl (C=O) groups is 1. The van der Waals surface area contributed by atoms with Gasteiger partial charge in [0.25, 0.3) is 5.91 Å². The topological polar surface area (TPSA) is 127 Å². The Morgan fingerprint density at radius 1 is 1.20 bits per heavy atom. The number of pyridine rings is 1. The van der Waals surface area contributed by atoms with Gasteiger partial charge in [0.1, 0.15) is 11.4 Å². The van der Waals surface area contributed by atoms with Crippen molar-refractivity contribution in [2.75, 3.05) is 17.3 Å². The molecule has 1 aromatic carbocycles. The molecule has 41 heavy (non-hydrogen) atoms. The van der Waals surface area contributed by atoms with Crippen molar-refractivity contribution in [1.29, 1.82) is 5.41 Å². The second kappa shape index (κ2) is 11.4. The molecule has 0 saturated heterocycles. The van der Waals surface area contributed by atoms with E-state index in [-0.39, 0.29) is 11.6 Å². The molecule has 0 aliphatic rings. The van der Waals surface area contributed by atoms with Gasteiger partial charge in [-0.05, 0) is 45.9 Å². The molecule has 0 bridgehead atoms. The highest BCUT2D eigenvalue weighted by atomic mass is 19.4. The second-order valence-corrected chi connectivity index (χ2v) is 9.81. The molecule has 0 saturated carbocycles. The van der Waals surface area contributed by atoms with Crippen molar-refractivity contribution in [1.82, 2.24) is 29.8 Å². The van der Waals surface area contributed by atoms with Crippen LogP contribution in [0.25, 0.3) is 16.9 Å². The number of alkyl halides is 3. The van der Waals surface area contributed by atoms with Gasteiger partial charge in [-0.1, -0.05) is 5.21 Å². The van der Waals surface area contributed by atoms with E-state index in [1.807, 2.05) is 20.9 Å². The average Bonchev–Trinajstić information content (AvgIpc) is 3.49. The number of aryl methyl sites for hydroxylation is 2. The molecular formula is C27H30F3N9O2. The first-order valence-electron chi connectivity index (χ1n) is 12.6. The fourth-order valence-corrected chi connectivity index (χ4v) is 4.23. The van der Waals surface area contributed by atoms with Crippen molar-refractivity contribution >= 4 is 23.0 Å². The molecule has 2 N–H and O–H groups in total. The van der Waals surface area contributed by atoms with E-state index in [4.69, 9.17) is 5.41 Å². The molecule has 4 aromatic rings. The first-order chi connectivity index (χ1) is 19.2. The van der Waals surface area contributed by atoms with Gasteiger partial charge in [0.2, 0.25) is 0 Å². The van der Waals surface area contributed by atoms with Gasteiger partial charge in [-0.25, -0.2) is 4.68 Å². The molecule has 3 heterocycles. The number of rotatable bonds is 9. The van der Waals surface area contributed by atoms with Crippen LogP contribution < -0.4 is 15.0 Å². The third kappa shape index (κ3) is 6.88. The number of benzene rings is 1. The summed E-state index contributed by atoms with van der Waals surface area (Å²) in [5, 5.41) is 23.1. The Labute approximate surface area is 234 Å². The average molecular weight is 570 g/mol. The van der Waals surface area contributed by atoms with E-state index in [0.717, 1.165) is 17.3 Å². The SMILES string of the molecule is CC(=N)CC(C)N(C)c1cc(OC(F)(F)F)cc(C(=O)Nc2cnc(C)c(-n3cc(-c4cnn(C)c4C)nn3)c2)c1. The van der Waals surface area contributed by atoms with Crippen LogP contribution in [0.4, 0.5) is 24.5 Å². The van der Waals surface area contributed by atoms with E-state index in [2.05, 4.69) is 30.4 Å². The van der Waals surface area contributed by atoms with Crippen LogP contribution in [0.1, 0.15) is 42.0 Å².